The molecule has 0 unspecified atom stereocenters. The van der Waals surface area contributed by atoms with Crippen molar-refractivity contribution in [3.8, 4) is 17.2 Å². The van der Waals surface area contributed by atoms with E-state index in [0.29, 0.717) is 34.9 Å². The molecule has 0 saturated carbocycles. The third-order valence-corrected chi connectivity index (χ3v) is 5.19. The Morgan fingerprint density at radius 1 is 1.00 bits per heavy atom. The minimum Gasteiger partial charge on any atom is -0.494 e. The van der Waals surface area contributed by atoms with E-state index in [4.69, 9.17) is 13.9 Å². The monoisotopic (exact) mass is 455 g/mol. The van der Waals surface area contributed by atoms with Gasteiger partial charge in [0.25, 0.3) is 5.56 Å². The molecule has 0 aliphatic rings. The van der Waals surface area contributed by atoms with Crippen LogP contribution in [0.1, 0.15) is 6.92 Å². The van der Waals surface area contributed by atoms with Crippen molar-refractivity contribution in [2.75, 3.05) is 11.9 Å². The van der Waals surface area contributed by atoms with Crippen LogP contribution in [0.15, 0.2) is 88.3 Å². The zero-order valence-corrected chi connectivity index (χ0v) is 18.4. The van der Waals surface area contributed by atoms with Crippen LogP contribution in [0.2, 0.25) is 0 Å². The van der Waals surface area contributed by atoms with Crippen molar-refractivity contribution in [2.24, 2.45) is 0 Å². The summed E-state index contributed by atoms with van der Waals surface area (Å²) in [5, 5.41) is 3.56. The minimum atomic E-state index is -0.421. The molecule has 0 spiro atoms. The van der Waals surface area contributed by atoms with Gasteiger partial charge in [-0.2, -0.15) is 0 Å². The second-order valence-corrected chi connectivity index (χ2v) is 7.50. The quantitative estimate of drug-likeness (QED) is 0.372. The van der Waals surface area contributed by atoms with Gasteiger partial charge in [-0.15, -0.1) is 0 Å². The number of aromatic nitrogens is 2. The molecule has 0 atom stereocenters. The Bertz CT molecular complexity index is 1540. The van der Waals surface area contributed by atoms with Crippen molar-refractivity contribution in [3.05, 3.63) is 89.5 Å². The predicted molar refractivity (Wildman–Crippen MR) is 129 cm³/mol. The molecule has 5 aromatic rings. The zero-order chi connectivity index (χ0) is 23.5. The number of para-hydroxylation sites is 3. The van der Waals surface area contributed by atoms with Gasteiger partial charge in [-0.25, -0.2) is 4.98 Å². The molecule has 34 heavy (non-hydrogen) atoms. The second kappa shape index (κ2) is 9.11. The normalized spacial score (nSPS) is 11.0. The number of rotatable bonds is 7. The van der Waals surface area contributed by atoms with Crippen molar-refractivity contribution in [1.82, 2.24) is 9.55 Å². The van der Waals surface area contributed by atoms with Crippen LogP contribution in [0, 0.1) is 0 Å². The number of carbonyl (C=O) groups is 1. The number of nitrogens with zero attached hydrogens (tertiary/aromatic N) is 2. The van der Waals surface area contributed by atoms with Crippen LogP contribution in [0.5, 0.6) is 17.2 Å². The van der Waals surface area contributed by atoms with Crippen molar-refractivity contribution in [1.29, 1.82) is 0 Å². The number of nitrogens with one attached hydrogen (secondary N) is 1. The highest BCUT2D eigenvalue weighted by Crippen LogP contribution is 2.30. The van der Waals surface area contributed by atoms with Crippen LogP contribution in [0.25, 0.3) is 22.1 Å². The highest BCUT2D eigenvalue weighted by molar-refractivity contribution is 6.01. The Hall–Kier alpha value is -4.59. The number of furan rings is 1. The average Bonchev–Trinajstić information content (AvgIpc) is 3.23. The average molecular weight is 455 g/mol. The lowest BCUT2D eigenvalue weighted by molar-refractivity contribution is -0.116. The summed E-state index contributed by atoms with van der Waals surface area (Å²) in [6.07, 6.45) is 1.36. The molecule has 0 aliphatic heterocycles. The van der Waals surface area contributed by atoms with Crippen molar-refractivity contribution < 1.29 is 18.7 Å². The van der Waals surface area contributed by atoms with E-state index in [0.717, 1.165) is 11.1 Å². The van der Waals surface area contributed by atoms with E-state index in [1.165, 1.54) is 10.9 Å². The number of benzene rings is 3. The topological polar surface area (TPSA) is 95.6 Å². The molecule has 3 aromatic carbocycles. The number of carbonyl (C=O) groups excluding carboxylic acids is 1. The molecule has 170 valence electrons. The number of amides is 1. The second-order valence-electron chi connectivity index (χ2n) is 7.50. The lowest BCUT2D eigenvalue weighted by Gasteiger charge is -2.13. The van der Waals surface area contributed by atoms with Crippen LogP contribution in [0.3, 0.4) is 0 Å². The Kier molecular flexibility index (Phi) is 5.70. The van der Waals surface area contributed by atoms with E-state index >= 15 is 0 Å². The zero-order valence-electron chi connectivity index (χ0n) is 18.4. The molecule has 0 bridgehead atoms. The van der Waals surface area contributed by atoms with E-state index in [-0.39, 0.29) is 12.1 Å². The lowest BCUT2D eigenvalue weighted by Crippen LogP contribution is -2.27. The van der Waals surface area contributed by atoms with Gasteiger partial charge in [0.05, 0.1) is 18.6 Å². The maximum absolute atomic E-state index is 12.9. The van der Waals surface area contributed by atoms with Gasteiger partial charge in [0.15, 0.2) is 5.75 Å². The van der Waals surface area contributed by atoms with E-state index < -0.39 is 11.5 Å². The van der Waals surface area contributed by atoms with Crippen molar-refractivity contribution in [2.45, 2.75) is 13.5 Å². The van der Waals surface area contributed by atoms with Crippen LogP contribution in [-0.4, -0.2) is 22.1 Å². The summed E-state index contributed by atoms with van der Waals surface area (Å²) in [7, 11) is 0. The third kappa shape index (κ3) is 4.21. The number of ether oxygens (including phenoxy) is 2. The van der Waals surface area contributed by atoms with Gasteiger partial charge in [-0.05, 0) is 55.5 Å². The summed E-state index contributed by atoms with van der Waals surface area (Å²) in [5.41, 5.74) is 1.23. The van der Waals surface area contributed by atoms with Crippen LogP contribution < -0.4 is 20.3 Å². The third-order valence-electron chi connectivity index (χ3n) is 5.19. The maximum atomic E-state index is 12.9. The first kappa shape index (κ1) is 21.3. The molecule has 2 aromatic heterocycles. The lowest BCUT2D eigenvalue weighted by atomic mass is 10.2. The Morgan fingerprint density at radius 2 is 1.74 bits per heavy atom. The molecular weight excluding hydrogens is 434 g/mol. The number of fused-ring (bicyclic) bond motifs is 3. The van der Waals surface area contributed by atoms with E-state index in [9.17, 15) is 9.59 Å². The van der Waals surface area contributed by atoms with Crippen LogP contribution in [-0.2, 0) is 11.3 Å². The van der Waals surface area contributed by atoms with Crippen molar-refractivity contribution in [3.63, 3.8) is 0 Å². The van der Waals surface area contributed by atoms with Crippen LogP contribution >= 0.6 is 0 Å². The minimum absolute atomic E-state index is 0.121. The molecule has 0 fully saturated rings. The van der Waals surface area contributed by atoms with Gasteiger partial charge in [0.1, 0.15) is 29.1 Å². The SMILES string of the molecule is CCOc1ccc(Oc2ccccc2NC(=O)Cn2cnc3c(oc4ccccc43)c2=O)cc1. The first-order valence-corrected chi connectivity index (χ1v) is 10.8. The summed E-state index contributed by atoms with van der Waals surface area (Å²) < 4.78 is 18.3. The molecule has 1 N–H and O–H groups in total. The van der Waals surface area contributed by atoms with Gasteiger partial charge in [-0.3, -0.25) is 14.2 Å². The Labute approximate surface area is 194 Å². The molecule has 0 radical (unpaired) electrons. The fraction of sp³-hybridized carbons (Fsp3) is 0.115. The summed E-state index contributed by atoms with van der Waals surface area (Å²) in [4.78, 5) is 30.0. The van der Waals surface area contributed by atoms with Crippen LogP contribution in [0.4, 0.5) is 5.69 Å². The molecule has 1 amide bonds. The highest BCUT2D eigenvalue weighted by Gasteiger charge is 2.15. The van der Waals surface area contributed by atoms with Gasteiger partial charge >= 0.3 is 0 Å². The predicted octanol–water partition coefficient (Wildman–Crippen LogP) is 4.97. The number of hydrogen-bond acceptors (Lipinski definition) is 6. The summed E-state index contributed by atoms with van der Waals surface area (Å²) >= 11 is 0. The summed E-state index contributed by atoms with van der Waals surface area (Å²) in [6.45, 7) is 2.27. The standard InChI is InChI=1S/C26H21N3O5/c1-2-32-17-11-13-18(14-12-17)33-22-10-6-4-8-20(22)28-23(30)15-29-16-27-24-19-7-3-5-9-21(19)34-25(24)26(29)31/h3-14,16H,2,15H2,1H3,(H,28,30). The molecular formula is C26H21N3O5. The first-order valence-electron chi connectivity index (χ1n) is 10.8. The van der Waals surface area contributed by atoms with Crippen molar-refractivity contribution >= 4 is 33.7 Å². The van der Waals surface area contributed by atoms with Gasteiger partial charge in [0.2, 0.25) is 11.5 Å². The molecule has 2 heterocycles. The largest absolute Gasteiger partial charge is 0.494 e. The Balaban J connectivity index is 1.34. The van der Waals surface area contributed by atoms with Gasteiger partial charge < -0.3 is 19.2 Å². The summed E-state index contributed by atoms with van der Waals surface area (Å²) in [6, 6.07) is 21.6. The van der Waals surface area contributed by atoms with Gasteiger partial charge in [0, 0.05) is 5.39 Å². The van der Waals surface area contributed by atoms with E-state index in [1.807, 2.05) is 43.3 Å². The number of hydrogen-bond donors (Lipinski definition) is 1. The molecule has 0 aliphatic carbocycles. The number of anilines is 1. The molecule has 8 nitrogen and oxygen atoms in total. The molecule has 0 saturated heterocycles. The summed E-state index contributed by atoms with van der Waals surface area (Å²) in [5.74, 6) is 1.41. The molecule has 5 rings (SSSR count). The Morgan fingerprint density at radius 3 is 2.56 bits per heavy atom. The smallest absolute Gasteiger partial charge is 0.297 e. The first-order chi connectivity index (χ1) is 16.6. The maximum Gasteiger partial charge on any atom is 0.297 e. The van der Waals surface area contributed by atoms with E-state index in [2.05, 4.69) is 10.3 Å². The fourth-order valence-corrected chi connectivity index (χ4v) is 3.63. The van der Waals surface area contributed by atoms with Gasteiger partial charge in [-0.1, -0.05) is 24.3 Å². The highest BCUT2D eigenvalue weighted by atomic mass is 16.5. The fourth-order valence-electron chi connectivity index (χ4n) is 3.63. The molecule has 8 heteroatoms. The van der Waals surface area contributed by atoms with E-state index in [1.54, 1.807) is 36.4 Å².